The van der Waals surface area contributed by atoms with Crippen LogP contribution in [0.4, 0.5) is 5.69 Å². The second-order valence-electron chi connectivity index (χ2n) is 7.10. The summed E-state index contributed by atoms with van der Waals surface area (Å²) < 4.78 is 5.07. The van der Waals surface area contributed by atoms with E-state index < -0.39 is 12.6 Å². The lowest BCUT2D eigenvalue weighted by molar-refractivity contribution is -0.146. The number of rotatable bonds is 7. The Morgan fingerprint density at radius 1 is 0.900 bits per heavy atom. The zero-order chi connectivity index (χ0) is 21.5. The van der Waals surface area contributed by atoms with Crippen molar-refractivity contribution in [1.82, 2.24) is 5.32 Å². The van der Waals surface area contributed by atoms with Crippen molar-refractivity contribution in [3.63, 3.8) is 0 Å². The molecule has 3 rings (SSSR count). The smallest absolute Gasteiger partial charge is 0.325 e. The largest absolute Gasteiger partial charge is 0.454 e. The summed E-state index contributed by atoms with van der Waals surface area (Å²) >= 11 is 0. The number of para-hydroxylation sites is 1. The molecule has 0 bridgehead atoms. The fourth-order valence-electron chi connectivity index (χ4n) is 3.17. The van der Waals surface area contributed by atoms with Crippen molar-refractivity contribution >= 4 is 34.2 Å². The summed E-state index contributed by atoms with van der Waals surface area (Å²) in [6.07, 6.45) is 0. The predicted molar refractivity (Wildman–Crippen MR) is 116 cm³/mol. The standard InChI is InChI=1S/C24H24N2O4/c1-17(2)26(21-10-4-3-5-11-21)22(27)16-30-23(28)15-25-24(29)20-13-12-18-8-6-7-9-19(18)14-20/h3-14,17H,15-16H2,1-2H3,(H,25,29). The van der Waals surface area contributed by atoms with Crippen molar-refractivity contribution in [2.24, 2.45) is 0 Å². The molecule has 0 radical (unpaired) electrons. The number of hydrogen-bond donors (Lipinski definition) is 1. The Labute approximate surface area is 175 Å². The lowest BCUT2D eigenvalue weighted by Crippen LogP contribution is -2.40. The molecule has 0 saturated carbocycles. The van der Waals surface area contributed by atoms with E-state index in [0.717, 1.165) is 16.5 Å². The van der Waals surface area contributed by atoms with E-state index in [1.165, 1.54) is 0 Å². The first kappa shape index (κ1) is 21.0. The van der Waals surface area contributed by atoms with Gasteiger partial charge in [-0.05, 0) is 48.9 Å². The molecule has 3 aromatic carbocycles. The summed E-state index contributed by atoms with van der Waals surface area (Å²) in [6.45, 7) is 3.07. The molecule has 0 spiro atoms. The maximum Gasteiger partial charge on any atom is 0.325 e. The van der Waals surface area contributed by atoms with Gasteiger partial charge in [-0.15, -0.1) is 0 Å². The van der Waals surface area contributed by atoms with E-state index in [0.29, 0.717) is 5.56 Å². The lowest BCUT2D eigenvalue weighted by Gasteiger charge is -2.26. The van der Waals surface area contributed by atoms with Gasteiger partial charge in [0.2, 0.25) is 0 Å². The highest BCUT2D eigenvalue weighted by Crippen LogP contribution is 2.17. The Morgan fingerprint density at radius 2 is 1.57 bits per heavy atom. The summed E-state index contributed by atoms with van der Waals surface area (Å²) in [7, 11) is 0. The number of esters is 1. The lowest BCUT2D eigenvalue weighted by atomic mass is 10.1. The highest BCUT2D eigenvalue weighted by Gasteiger charge is 2.20. The van der Waals surface area contributed by atoms with Crippen LogP contribution in [0.3, 0.4) is 0 Å². The van der Waals surface area contributed by atoms with Gasteiger partial charge in [0.05, 0.1) is 0 Å². The SMILES string of the molecule is CC(C)N(C(=O)COC(=O)CNC(=O)c1ccc2ccccc2c1)c1ccccc1. The molecule has 6 heteroatoms. The highest BCUT2D eigenvalue weighted by atomic mass is 16.5. The van der Waals surface area contributed by atoms with E-state index >= 15 is 0 Å². The molecular weight excluding hydrogens is 380 g/mol. The molecule has 6 nitrogen and oxygen atoms in total. The average molecular weight is 404 g/mol. The van der Waals surface area contributed by atoms with Crippen molar-refractivity contribution in [3.8, 4) is 0 Å². The maximum absolute atomic E-state index is 12.5. The Kier molecular flexibility index (Phi) is 6.80. The van der Waals surface area contributed by atoms with Crippen LogP contribution in [0, 0.1) is 0 Å². The number of hydrogen-bond acceptors (Lipinski definition) is 4. The van der Waals surface area contributed by atoms with Crippen molar-refractivity contribution in [2.45, 2.75) is 19.9 Å². The number of carbonyl (C=O) groups is 3. The van der Waals surface area contributed by atoms with Gasteiger partial charge in [-0.25, -0.2) is 0 Å². The van der Waals surface area contributed by atoms with Gasteiger partial charge in [-0.3, -0.25) is 14.4 Å². The first-order valence-corrected chi connectivity index (χ1v) is 9.75. The molecule has 0 fully saturated rings. The molecule has 1 N–H and O–H groups in total. The average Bonchev–Trinajstić information content (AvgIpc) is 2.76. The first-order chi connectivity index (χ1) is 14.5. The summed E-state index contributed by atoms with van der Waals surface area (Å²) in [5, 5.41) is 4.50. The quantitative estimate of drug-likeness (QED) is 0.611. The number of carbonyl (C=O) groups excluding carboxylic acids is 3. The molecule has 154 valence electrons. The molecule has 30 heavy (non-hydrogen) atoms. The first-order valence-electron chi connectivity index (χ1n) is 9.75. The number of fused-ring (bicyclic) bond motifs is 1. The zero-order valence-corrected chi connectivity index (χ0v) is 17.0. The van der Waals surface area contributed by atoms with Gasteiger partial charge in [-0.1, -0.05) is 48.5 Å². The van der Waals surface area contributed by atoms with E-state index in [9.17, 15) is 14.4 Å². The van der Waals surface area contributed by atoms with Crippen LogP contribution in [0.15, 0.2) is 72.8 Å². The molecule has 2 amide bonds. The van der Waals surface area contributed by atoms with Crippen LogP contribution in [0.25, 0.3) is 10.8 Å². The number of anilines is 1. The summed E-state index contributed by atoms with van der Waals surface area (Å²) in [5.74, 6) is -1.38. The third kappa shape index (κ3) is 5.23. The van der Waals surface area contributed by atoms with E-state index in [4.69, 9.17) is 4.74 Å². The molecule has 0 atom stereocenters. The fourth-order valence-corrected chi connectivity index (χ4v) is 3.17. The van der Waals surface area contributed by atoms with Gasteiger partial charge >= 0.3 is 5.97 Å². The zero-order valence-electron chi connectivity index (χ0n) is 17.0. The summed E-state index contributed by atoms with van der Waals surface area (Å²) in [4.78, 5) is 38.4. The molecular formula is C24H24N2O4. The highest BCUT2D eigenvalue weighted by molar-refractivity contribution is 6.00. The van der Waals surface area contributed by atoms with Crippen LogP contribution >= 0.6 is 0 Å². The van der Waals surface area contributed by atoms with Crippen LogP contribution in [-0.2, 0) is 14.3 Å². The van der Waals surface area contributed by atoms with Crippen molar-refractivity contribution in [1.29, 1.82) is 0 Å². The third-order valence-electron chi connectivity index (χ3n) is 4.58. The van der Waals surface area contributed by atoms with Gasteiger partial charge in [0.1, 0.15) is 6.54 Å². The third-order valence-corrected chi connectivity index (χ3v) is 4.58. The normalized spacial score (nSPS) is 10.6. The van der Waals surface area contributed by atoms with Crippen LogP contribution < -0.4 is 10.2 Å². The van der Waals surface area contributed by atoms with Crippen LogP contribution in [0.1, 0.15) is 24.2 Å². The van der Waals surface area contributed by atoms with E-state index in [2.05, 4.69) is 5.32 Å². The number of ether oxygens (including phenoxy) is 1. The minimum absolute atomic E-state index is 0.0915. The monoisotopic (exact) mass is 404 g/mol. The summed E-state index contributed by atoms with van der Waals surface area (Å²) in [5.41, 5.74) is 1.19. The van der Waals surface area contributed by atoms with Crippen molar-refractivity contribution in [2.75, 3.05) is 18.1 Å². The molecule has 0 aliphatic heterocycles. The molecule has 0 aromatic heterocycles. The minimum Gasteiger partial charge on any atom is -0.454 e. The van der Waals surface area contributed by atoms with Gasteiger partial charge in [0.25, 0.3) is 11.8 Å². The van der Waals surface area contributed by atoms with E-state index in [1.54, 1.807) is 17.0 Å². The Hall–Kier alpha value is -3.67. The van der Waals surface area contributed by atoms with Gasteiger partial charge < -0.3 is 15.0 Å². The van der Waals surface area contributed by atoms with Gasteiger partial charge in [0, 0.05) is 17.3 Å². The van der Waals surface area contributed by atoms with Gasteiger partial charge in [0.15, 0.2) is 6.61 Å². The number of nitrogens with zero attached hydrogens (tertiary/aromatic N) is 1. The van der Waals surface area contributed by atoms with Crippen LogP contribution in [0.5, 0.6) is 0 Å². The second kappa shape index (κ2) is 9.69. The number of nitrogens with one attached hydrogen (secondary N) is 1. The number of amides is 2. The van der Waals surface area contributed by atoms with E-state index in [1.807, 2.05) is 74.5 Å². The van der Waals surface area contributed by atoms with Gasteiger partial charge in [-0.2, -0.15) is 0 Å². The Bertz CT molecular complexity index is 1050. The van der Waals surface area contributed by atoms with E-state index in [-0.39, 0.29) is 24.4 Å². The molecule has 0 aliphatic rings. The number of benzene rings is 3. The minimum atomic E-state index is -0.672. The molecule has 3 aromatic rings. The summed E-state index contributed by atoms with van der Waals surface area (Å²) in [6, 6.07) is 22.1. The Morgan fingerprint density at radius 3 is 2.27 bits per heavy atom. The van der Waals surface area contributed by atoms with Crippen molar-refractivity contribution < 1.29 is 19.1 Å². The molecule has 0 unspecified atom stereocenters. The van der Waals surface area contributed by atoms with Crippen molar-refractivity contribution in [3.05, 3.63) is 78.4 Å². The molecule has 0 heterocycles. The Balaban J connectivity index is 1.52. The molecule has 0 saturated heterocycles. The topological polar surface area (TPSA) is 75.7 Å². The van der Waals surface area contributed by atoms with Crippen LogP contribution in [-0.4, -0.2) is 37.0 Å². The fraction of sp³-hybridized carbons (Fsp3) is 0.208. The maximum atomic E-state index is 12.5. The molecule has 0 aliphatic carbocycles. The second-order valence-corrected chi connectivity index (χ2v) is 7.10. The van der Waals surface area contributed by atoms with Crippen LogP contribution in [0.2, 0.25) is 0 Å². The predicted octanol–water partition coefficient (Wildman–Crippen LogP) is 3.55.